The monoisotopic (exact) mass is 150 g/mol. The number of rotatable bonds is 0. The SMILES string of the molecule is Cc1cc2[nH]c(=O)ncn2n1. The number of fused-ring (bicyclic) bond motifs is 1. The number of aromatic nitrogens is 4. The Balaban J connectivity index is 2.92. The van der Waals surface area contributed by atoms with Gasteiger partial charge in [-0.1, -0.05) is 0 Å². The van der Waals surface area contributed by atoms with Crippen LogP contribution in [0.2, 0.25) is 0 Å². The molecule has 0 bridgehead atoms. The third-order valence-electron chi connectivity index (χ3n) is 1.38. The van der Waals surface area contributed by atoms with Gasteiger partial charge in [-0.2, -0.15) is 10.1 Å². The molecule has 2 aromatic heterocycles. The number of H-pyrrole nitrogens is 1. The fraction of sp³-hybridized carbons (Fsp3) is 0.167. The molecule has 0 radical (unpaired) electrons. The molecule has 0 saturated heterocycles. The van der Waals surface area contributed by atoms with E-state index in [1.54, 1.807) is 6.07 Å². The average molecular weight is 150 g/mol. The molecule has 1 N–H and O–H groups in total. The summed E-state index contributed by atoms with van der Waals surface area (Å²) in [5.74, 6) is 0. The Morgan fingerprint density at radius 1 is 1.64 bits per heavy atom. The van der Waals surface area contributed by atoms with E-state index in [1.807, 2.05) is 6.92 Å². The molecule has 0 aromatic carbocycles. The van der Waals surface area contributed by atoms with Crippen molar-refractivity contribution in [1.82, 2.24) is 19.6 Å². The van der Waals surface area contributed by atoms with Crippen LogP contribution in [0.3, 0.4) is 0 Å². The minimum Gasteiger partial charge on any atom is -0.290 e. The number of nitrogens with one attached hydrogen (secondary N) is 1. The maximum Gasteiger partial charge on any atom is 0.348 e. The first-order valence-corrected chi connectivity index (χ1v) is 3.17. The number of hydrogen-bond donors (Lipinski definition) is 1. The topological polar surface area (TPSA) is 63.0 Å². The minimum absolute atomic E-state index is 0.350. The first kappa shape index (κ1) is 6.09. The van der Waals surface area contributed by atoms with Gasteiger partial charge in [0.05, 0.1) is 5.69 Å². The molecule has 5 heteroatoms. The van der Waals surface area contributed by atoms with Crippen molar-refractivity contribution in [2.45, 2.75) is 6.92 Å². The van der Waals surface area contributed by atoms with Gasteiger partial charge in [-0.15, -0.1) is 0 Å². The summed E-state index contributed by atoms with van der Waals surface area (Å²) in [6, 6.07) is 1.78. The van der Waals surface area contributed by atoms with Crippen molar-refractivity contribution >= 4 is 5.65 Å². The molecule has 0 saturated carbocycles. The summed E-state index contributed by atoms with van der Waals surface area (Å²) in [5, 5.41) is 4.04. The van der Waals surface area contributed by atoms with Crippen LogP contribution in [0, 0.1) is 6.92 Å². The van der Waals surface area contributed by atoms with Crippen LogP contribution in [0.25, 0.3) is 5.65 Å². The molecule has 0 amide bonds. The Bertz CT molecular complexity index is 441. The highest BCUT2D eigenvalue weighted by molar-refractivity contribution is 5.36. The quantitative estimate of drug-likeness (QED) is 0.562. The summed E-state index contributed by atoms with van der Waals surface area (Å²) >= 11 is 0. The lowest BCUT2D eigenvalue weighted by Crippen LogP contribution is -2.11. The number of aryl methyl sites for hydroxylation is 1. The molecule has 0 spiro atoms. The van der Waals surface area contributed by atoms with E-state index < -0.39 is 0 Å². The van der Waals surface area contributed by atoms with Gasteiger partial charge in [0.1, 0.15) is 12.0 Å². The zero-order chi connectivity index (χ0) is 7.84. The summed E-state index contributed by atoms with van der Waals surface area (Å²) in [6.45, 7) is 1.85. The standard InChI is InChI=1S/C6H6N4O/c1-4-2-5-8-6(11)7-3-10(5)9-4/h2-3H,1H3,(H,8,11). The maximum absolute atomic E-state index is 10.7. The fourth-order valence-electron chi connectivity index (χ4n) is 0.947. The molecule has 0 atom stereocenters. The molecule has 2 heterocycles. The smallest absolute Gasteiger partial charge is 0.290 e. The molecule has 0 aliphatic rings. The summed E-state index contributed by atoms with van der Waals surface area (Å²) in [5.41, 5.74) is 1.17. The van der Waals surface area contributed by atoms with Crippen molar-refractivity contribution in [2.24, 2.45) is 0 Å². The molecule has 56 valence electrons. The fourth-order valence-corrected chi connectivity index (χ4v) is 0.947. The Hall–Kier alpha value is -1.65. The van der Waals surface area contributed by atoms with Crippen molar-refractivity contribution in [3.63, 3.8) is 0 Å². The molecule has 2 rings (SSSR count). The Labute approximate surface area is 61.7 Å². The Morgan fingerprint density at radius 2 is 2.45 bits per heavy atom. The van der Waals surface area contributed by atoms with Gasteiger partial charge in [0.25, 0.3) is 0 Å². The predicted molar refractivity (Wildman–Crippen MR) is 38.3 cm³/mol. The summed E-state index contributed by atoms with van der Waals surface area (Å²) in [6.07, 6.45) is 1.39. The second-order valence-electron chi connectivity index (χ2n) is 2.29. The first-order valence-electron chi connectivity index (χ1n) is 3.17. The van der Waals surface area contributed by atoms with Crippen molar-refractivity contribution in [3.8, 4) is 0 Å². The summed E-state index contributed by atoms with van der Waals surface area (Å²) < 4.78 is 1.52. The van der Waals surface area contributed by atoms with Crippen LogP contribution in [0.5, 0.6) is 0 Å². The number of aromatic amines is 1. The zero-order valence-corrected chi connectivity index (χ0v) is 5.90. The summed E-state index contributed by atoms with van der Waals surface area (Å²) in [4.78, 5) is 16.7. The highest BCUT2D eigenvalue weighted by Gasteiger charge is 1.96. The predicted octanol–water partition coefficient (Wildman–Crippen LogP) is -0.274. The molecule has 0 aliphatic heterocycles. The van der Waals surface area contributed by atoms with Crippen LogP contribution >= 0.6 is 0 Å². The van der Waals surface area contributed by atoms with E-state index >= 15 is 0 Å². The average Bonchev–Trinajstić information content (AvgIpc) is 2.27. The van der Waals surface area contributed by atoms with Gasteiger partial charge in [-0.3, -0.25) is 4.98 Å². The van der Waals surface area contributed by atoms with Gasteiger partial charge in [0.2, 0.25) is 0 Å². The van der Waals surface area contributed by atoms with Crippen LogP contribution in [0.1, 0.15) is 5.69 Å². The Morgan fingerprint density at radius 3 is 3.27 bits per heavy atom. The van der Waals surface area contributed by atoms with Crippen LogP contribution in [-0.4, -0.2) is 19.6 Å². The maximum atomic E-state index is 10.7. The van der Waals surface area contributed by atoms with Crippen LogP contribution in [0.4, 0.5) is 0 Å². The lowest BCUT2D eigenvalue weighted by molar-refractivity contribution is 0.858. The van der Waals surface area contributed by atoms with E-state index in [2.05, 4.69) is 15.1 Å². The van der Waals surface area contributed by atoms with Gasteiger partial charge in [0.15, 0.2) is 0 Å². The van der Waals surface area contributed by atoms with Crippen molar-refractivity contribution in [2.75, 3.05) is 0 Å². The van der Waals surface area contributed by atoms with Gasteiger partial charge < -0.3 is 0 Å². The van der Waals surface area contributed by atoms with E-state index in [1.165, 1.54) is 10.8 Å². The second kappa shape index (κ2) is 1.91. The van der Waals surface area contributed by atoms with E-state index in [0.717, 1.165) is 5.69 Å². The van der Waals surface area contributed by atoms with Gasteiger partial charge in [-0.05, 0) is 6.92 Å². The molecule has 11 heavy (non-hydrogen) atoms. The molecule has 0 fully saturated rings. The van der Waals surface area contributed by atoms with Gasteiger partial charge in [-0.25, -0.2) is 9.31 Å². The lowest BCUT2D eigenvalue weighted by Gasteiger charge is -1.86. The third kappa shape index (κ3) is 0.899. The minimum atomic E-state index is -0.350. The van der Waals surface area contributed by atoms with Gasteiger partial charge >= 0.3 is 5.69 Å². The summed E-state index contributed by atoms with van der Waals surface area (Å²) in [7, 11) is 0. The molecule has 0 aliphatic carbocycles. The number of nitrogens with zero attached hydrogens (tertiary/aromatic N) is 3. The van der Waals surface area contributed by atoms with Crippen LogP contribution in [0.15, 0.2) is 17.2 Å². The highest BCUT2D eigenvalue weighted by atomic mass is 16.1. The van der Waals surface area contributed by atoms with E-state index in [0.29, 0.717) is 5.65 Å². The lowest BCUT2D eigenvalue weighted by atomic mass is 10.5. The molecule has 2 aromatic rings. The molecular weight excluding hydrogens is 144 g/mol. The van der Waals surface area contributed by atoms with Crippen LogP contribution < -0.4 is 5.69 Å². The van der Waals surface area contributed by atoms with Crippen LogP contribution in [-0.2, 0) is 0 Å². The number of hydrogen-bond acceptors (Lipinski definition) is 3. The van der Waals surface area contributed by atoms with Crippen molar-refractivity contribution < 1.29 is 0 Å². The first-order chi connectivity index (χ1) is 5.25. The van der Waals surface area contributed by atoms with Crippen molar-refractivity contribution in [3.05, 3.63) is 28.6 Å². The highest BCUT2D eigenvalue weighted by Crippen LogP contribution is 1.96. The van der Waals surface area contributed by atoms with E-state index in [9.17, 15) is 4.79 Å². The van der Waals surface area contributed by atoms with E-state index in [-0.39, 0.29) is 5.69 Å². The van der Waals surface area contributed by atoms with Crippen molar-refractivity contribution in [1.29, 1.82) is 0 Å². The normalized spacial score (nSPS) is 10.6. The molecule has 0 unspecified atom stereocenters. The molecular formula is C6H6N4O. The second-order valence-corrected chi connectivity index (χ2v) is 2.29. The third-order valence-corrected chi connectivity index (χ3v) is 1.38. The molecule has 5 nitrogen and oxygen atoms in total. The Kier molecular flexibility index (Phi) is 1.06. The largest absolute Gasteiger partial charge is 0.348 e. The zero-order valence-electron chi connectivity index (χ0n) is 5.90. The van der Waals surface area contributed by atoms with E-state index in [4.69, 9.17) is 0 Å². The van der Waals surface area contributed by atoms with Gasteiger partial charge in [0, 0.05) is 6.07 Å².